The van der Waals surface area contributed by atoms with Crippen LogP contribution < -0.4 is 4.74 Å². The van der Waals surface area contributed by atoms with Crippen molar-refractivity contribution in [2.24, 2.45) is 0 Å². The Labute approximate surface area is 94.3 Å². The highest BCUT2D eigenvalue weighted by Gasteiger charge is 2.13. The lowest BCUT2D eigenvalue weighted by molar-refractivity contribution is 0.385. The first kappa shape index (κ1) is 9.80. The second-order valence-electron chi connectivity index (χ2n) is 2.87. The van der Waals surface area contributed by atoms with Gasteiger partial charge in [-0.1, -0.05) is 39.4 Å². The van der Waals surface area contributed by atoms with Crippen LogP contribution in [0.4, 0.5) is 0 Å². The molecular formula is C10H9BrO2S. The summed E-state index contributed by atoms with van der Waals surface area (Å²) >= 11 is 4.77. The molecular weight excluding hydrogens is 264 g/mol. The predicted octanol–water partition coefficient (Wildman–Crippen LogP) is 3.51. The van der Waals surface area contributed by atoms with E-state index in [0.29, 0.717) is 5.75 Å². The van der Waals surface area contributed by atoms with Gasteiger partial charge in [-0.05, 0) is 11.6 Å². The van der Waals surface area contributed by atoms with Crippen molar-refractivity contribution >= 4 is 37.4 Å². The molecule has 0 unspecified atom stereocenters. The highest BCUT2D eigenvalue weighted by molar-refractivity contribution is 9.08. The summed E-state index contributed by atoms with van der Waals surface area (Å²) in [5.41, 5.74) is 1.17. The van der Waals surface area contributed by atoms with Gasteiger partial charge >= 0.3 is 0 Å². The molecule has 1 heterocycles. The van der Waals surface area contributed by atoms with Crippen molar-refractivity contribution < 1.29 is 9.84 Å². The van der Waals surface area contributed by atoms with Crippen LogP contribution >= 0.6 is 27.3 Å². The van der Waals surface area contributed by atoms with Crippen LogP contribution in [0.1, 0.15) is 5.56 Å². The fourth-order valence-electron chi connectivity index (χ4n) is 1.44. The zero-order valence-corrected chi connectivity index (χ0v) is 9.98. The van der Waals surface area contributed by atoms with Crippen molar-refractivity contribution in [3.05, 3.63) is 23.8 Å². The van der Waals surface area contributed by atoms with Crippen LogP contribution in [0.2, 0.25) is 0 Å². The highest BCUT2D eigenvalue weighted by atomic mass is 79.9. The molecule has 2 nitrogen and oxygen atoms in total. The number of thiophene rings is 1. The maximum Gasteiger partial charge on any atom is 0.215 e. The van der Waals surface area contributed by atoms with Gasteiger partial charge in [0.2, 0.25) is 5.06 Å². The average Bonchev–Trinajstić information content (AvgIpc) is 2.52. The van der Waals surface area contributed by atoms with E-state index in [1.165, 1.54) is 16.9 Å². The molecule has 4 heteroatoms. The molecule has 0 amide bonds. The van der Waals surface area contributed by atoms with Crippen LogP contribution in [0.25, 0.3) is 10.1 Å². The standard InChI is InChI=1S/C10H9BrO2S/c1-13-8-7-4-2-3-6(5-11)9(7)14-10(8)12/h2-4,12H,5H2,1H3. The third kappa shape index (κ3) is 1.38. The van der Waals surface area contributed by atoms with Gasteiger partial charge in [-0.15, -0.1) is 0 Å². The molecule has 0 aliphatic carbocycles. The molecule has 1 aromatic heterocycles. The summed E-state index contributed by atoms with van der Waals surface area (Å²) in [6.07, 6.45) is 0. The van der Waals surface area contributed by atoms with Crippen molar-refractivity contribution in [3.8, 4) is 10.8 Å². The molecule has 0 fully saturated rings. The van der Waals surface area contributed by atoms with Crippen LogP contribution in [0.5, 0.6) is 10.8 Å². The summed E-state index contributed by atoms with van der Waals surface area (Å²) in [6, 6.07) is 5.95. The number of benzene rings is 1. The number of hydrogen-bond acceptors (Lipinski definition) is 3. The van der Waals surface area contributed by atoms with Crippen molar-refractivity contribution in [2.45, 2.75) is 5.33 Å². The number of methoxy groups -OCH3 is 1. The van der Waals surface area contributed by atoms with E-state index in [1.54, 1.807) is 7.11 Å². The van der Waals surface area contributed by atoms with E-state index in [-0.39, 0.29) is 5.06 Å². The highest BCUT2D eigenvalue weighted by Crippen LogP contribution is 2.44. The first-order chi connectivity index (χ1) is 6.77. The lowest BCUT2D eigenvalue weighted by atomic mass is 10.2. The van der Waals surface area contributed by atoms with Gasteiger partial charge in [-0.25, -0.2) is 0 Å². The van der Waals surface area contributed by atoms with Gasteiger partial charge in [0, 0.05) is 15.4 Å². The minimum atomic E-state index is 0.246. The molecule has 14 heavy (non-hydrogen) atoms. The lowest BCUT2D eigenvalue weighted by Gasteiger charge is -1.99. The lowest BCUT2D eigenvalue weighted by Crippen LogP contribution is -1.81. The largest absolute Gasteiger partial charge is 0.497 e. The molecule has 0 radical (unpaired) electrons. The molecule has 2 aromatic rings. The molecule has 0 saturated carbocycles. The number of halogens is 1. The quantitative estimate of drug-likeness (QED) is 0.848. The average molecular weight is 273 g/mol. The van der Waals surface area contributed by atoms with E-state index in [2.05, 4.69) is 15.9 Å². The molecule has 0 atom stereocenters. The second kappa shape index (κ2) is 3.79. The zero-order valence-electron chi connectivity index (χ0n) is 7.58. The summed E-state index contributed by atoms with van der Waals surface area (Å²) in [6.45, 7) is 0. The van der Waals surface area contributed by atoms with Gasteiger partial charge in [-0.3, -0.25) is 0 Å². The van der Waals surface area contributed by atoms with Crippen LogP contribution in [0, 0.1) is 0 Å². The van der Waals surface area contributed by atoms with Crippen molar-refractivity contribution in [2.75, 3.05) is 7.11 Å². The molecule has 1 aromatic carbocycles. The summed E-state index contributed by atoms with van der Waals surface area (Å²) in [7, 11) is 1.57. The van der Waals surface area contributed by atoms with Gasteiger partial charge in [0.15, 0.2) is 5.75 Å². The number of alkyl halides is 1. The van der Waals surface area contributed by atoms with Crippen LogP contribution in [-0.2, 0) is 5.33 Å². The Morgan fingerprint density at radius 2 is 2.29 bits per heavy atom. The molecule has 0 aliphatic rings. The Hall–Kier alpha value is -0.740. The van der Waals surface area contributed by atoms with Gasteiger partial charge in [0.05, 0.1) is 7.11 Å². The van der Waals surface area contributed by atoms with Crippen molar-refractivity contribution in [1.82, 2.24) is 0 Å². The van der Waals surface area contributed by atoms with E-state index in [0.717, 1.165) is 15.4 Å². The fourth-order valence-corrected chi connectivity index (χ4v) is 3.12. The molecule has 0 spiro atoms. The SMILES string of the molecule is COc1c(O)sc2c(CBr)cccc12. The fraction of sp³-hybridized carbons (Fsp3) is 0.200. The monoisotopic (exact) mass is 272 g/mol. The Balaban J connectivity index is 2.79. The number of fused-ring (bicyclic) bond motifs is 1. The van der Waals surface area contributed by atoms with Gasteiger partial charge in [0.1, 0.15) is 0 Å². The van der Waals surface area contributed by atoms with E-state index < -0.39 is 0 Å². The molecule has 0 aliphatic heterocycles. The molecule has 2 rings (SSSR count). The van der Waals surface area contributed by atoms with E-state index in [9.17, 15) is 5.11 Å². The van der Waals surface area contributed by atoms with Gasteiger partial charge < -0.3 is 9.84 Å². The Morgan fingerprint density at radius 1 is 1.50 bits per heavy atom. The molecule has 1 N–H and O–H groups in total. The van der Waals surface area contributed by atoms with Crippen molar-refractivity contribution in [1.29, 1.82) is 0 Å². The maximum absolute atomic E-state index is 9.63. The minimum Gasteiger partial charge on any atom is -0.497 e. The van der Waals surface area contributed by atoms with E-state index in [4.69, 9.17) is 4.74 Å². The summed E-state index contributed by atoms with van der Waals surface area (Å²) in [5.74, 6) is 0.577. The molecule has 0 bridgehead atoms. The summed E-state index contributed by atoms with van der Waals surface area (Å²) in [5, 5.41) is 11.6. The van der Waals surface area contributed by atoms with E-state index >= 15 is 0 Å². The number of hydrogen-bond donors (Lipinski definition) is 1. The third-order valence-electron chi connectivity index (χ3n) is 2.08. The van der Waals surface area contributed by atoms with Crippen molar-refractivity contribution in [3.63, 3.8) is 0 Å². The second-order valence-corrected chi connectivity index (χ2v) is 4.43. The first-order valence-electron chi connectivity index (χ1n) is 4.11. The third-order valence-corrected chi connectivity index (χ3v) is 3.75. The number of ether oxygens (including phenoxy) is 1. The topological polar surface area (TPSA) is 29.5 Å². The zero-order chi connectivity index (χ0) is 10.1. The van der Waals surface area contributed by atoms with Gasteiger partial charge in [0.25, 0.3) is 0 Å². The van der Waals surface area contributed by atoms with Crippen LogP contribution in [0.3, 0.4) is 0 Å². The summed E-state index contributed by atoms with van der Waals surface area (Å²) < 4.78 is 6.23. The van der Waals surface area contributed by atoms with E-state index in [1.807, 2.05) is 18.2 Å². The maximum atomic E-state index is 9.63. The predicted molar refractivity (Wildman–Crippen MR) is 62.7 cm³/mol. The van der Waals surface area contributed by atoms with Crippen LogP contribution in [-0.4, -0.2) is 12.2 Å². The molecule has 0 saturated heterocycles. The minimum absolute atomic E-state index is 0.246. The molecule has 74 valence electrons. The normalized spacial score (nSPS) is 10.7. The van der Waals surface area contributed by atoms with Gasteiger partial charge in [-0.2, -0.15) is 0 Å². The summed E-state index contributed by atoms with van der Waals surface area (Å²) in [4.78, 5) is 0. The first-order valence-corrected chi connectivity index (χ1v) is 6.05. The van der Waals surface area contributed by atoms with Crippen LogP contribution in [0.15, 0.2) is 18.2 Å². The number of rotatable bonds is 2. The smallest absolute Gasteiger partial charge is 0.215 e. The Bertz CT molecular complexity index is 464. The Morgan fingerprint density at radius 3 is 2.93 bits per heavy atom. The Kier molecular flexibility index (Phi) is 2.65. The number of aromatic hydroxyl groups is 1.